The van der Waals surface area contributed by atoms with Gasteiger partial charge in [-0.1, -0.05) is 13.8 Å². The number of anilines is 1. The quantitative estimate of drug-likeness (QED) is 0.205. The molecule has 15 heteroatoms. The number of aromatic nitrogens is 1. The predicted molar refractivity (Wildman–Crippen MR) is 161 cm³/mol. The molecule has 47 heavy (non-hydrogen) atoms. The number of nitrogens with one attached hydrogen (secondary N) is 1. The molecule has 0 spiro atoms. The van der Waals surface area contributed by atoms with Crippen LogP contribution >= 0.6 is 0 Å². The highest BCUT2D eigenvalue weighted by Crippen LogP contribution is 2.32. The number of carbonyl (C=O) groups excluding carboxylic acids is 1. The molecular weight excluding hydrogens is 649 g/mol. The number of pyridine rings is 1. The van der Waals surface area contributed by atoms with E-state index in [-0.39, 0.29) is 40.6 Å². The summed E-state index contributed by atoms with van der Waals surface area (Å²) in [4.78, 5) is 18.8. The Balaban J connectivity index is 1.49. The first-order valence-corrected chi connectivity index (χ1v) is 16.2. The second-order valence-corrected chi connectivity index (χ2v) is 12.9. The number of alkyl halides is 5. The van der Waals surface area contributed by atoms with Gasteiger partial charge in [0.25, 0.3) is 5.91 Å². The number of hydrogen-bond acceptors (Lipinski definition) is 8. The van der Waals surface area contributed by atoms with E-state index in [0.717, 1.165) is 18.3 Å². The van der Waals surface area contributed by atoms with Crippen LogP contribution in [0.1, 0.15) is 54.3 Å². The fraction of sp³-hybridized carbons (Fsp3) is 0.375. The lowest BCUT2D eigenvalue weighted by molar-refractivity contribution is -0.196. The molecule has 0 saturated carbocycles. The fourth-order valence-corrected chi connectivity index (χ4v) is 5.49. The summed E-state index contributed by atoms with van der Waals surface area (Å²) in [6, 6.07) is 11.5. The van der Waals surface area contributed by atoms with Gasteiger partial charge in [-0.3, -0.25) is 9.78 Å². The van der Waals surface area contributed by atoms with Crippen molar-refractivity contribution >= 4 is 21.4 Å². The molecule has 1 aliphatic heterocycles. The number of ether oxygens (including phenoxy) is 2. The van der Waals surface area contributed by atoms with Crippen LogP contribution in [0.15, 0.2) is 71.8 Å². The Bertz CT molecular complexity index is 1690. The fourth-order valence-electron chi connectivity index (χ4n) is 4.67. The van der Waals surface area contributed by atoms with Crippen LogP contribution in [-0.4, -0.2) is 61.6 Å². The summed E-state index contributed by atoms with van der Waals surface area (Å²) in [6.07, 6.45) is -5.67. The molecule has 3 aromatic rings. The lowest BCUT2D eigenvalue weighted by atomic mass is 10.1. The zero-order valence-electron chi connectivity index (χ0n) is 25.3. The van der Waals surface area contributed by atoms with Crippen molar-refractivity contribution < 1.29 is 49.7 Å². The number of benzene rings is 2. The molecule has 1 aromatic heterocycles. The minimum absolute atomic E-state index is 0.0184. The highest BCUT2D eigenvalue weighted by Gasteiger charge is 2.35. The molecule has 2 aromatic carbocycles. The summed E-state index contributed by atoms with van der Waals surface area (Å²) in [7, 11) is -3.48. The van der Waals surface area contributed by atoms with Crippen LogP contribution in [0.3, 0.4) is 0 Å². The Kier molecular flexibility index (Phi) is 11.0. The predicted octanol–water partition coefficient (Wildman–Crippen LogP) is 5.36. The van der Waals surface area contributed by atoms with Crippen molar-refractivity contribution in [2.45, 2.75) is 62.1 Å². The number of aliphatic hydroxyl groups excluding tert-OH is 1. The highest BCUT2D eigenvalue weighted by atomic mass is 32.2. The van der Waals surface area contributed by atoms with Crippen molar-refractivity contribution in [1.82, 2.24) is 10.3 Å². The number of rotatable bonds is 11. The molecule has 1 saturated heterocycles. The lowest BCUT2D eigenvalue weighted by Gasteiger charge is -2.23. The molecule has 1 amide bonds. The van der Waals surface area contributed by atoms with Crippen LogP contribution in [0.5, 0.6) is 5.75 Å². The summed E-state index contributed by atoms with van der Waals surface area (Å²) in [5.41, 5.74) is 0.181. The van der Waals surface area contributed by atoms with E-state index in [9.17, 15) is 40.3 Å². The van der Waals surface area contributed by atoms with Gasteiger partial charge in [0, 0.05) is 30.3 Å². The third-order valence-electron chi connectivity index (χ3n) is 7.39. The first-order chi connectivity index (χ1) is 22.2. The van der Waals surface area contributed by atoms with E-state index in [0.29, 0.717) is 5.69 Å². The average molecular weight is 682 g/mol. The molecule has 0 bridgehead atoms. The van der Waals surface area contributed by atoms with Crippen LogP contribution in [-0.2, 0) is 20.8 Å². The van der Waals surface area contributed by atoms with E-state index in [2.05, 4.69) is 27.1 Å². The van der Waals surface area contributed by atoms with Crippen LogP contribution < -0.4 is 15.0 Å². The summed E-state index contributed by atoms with van der Waals surface area (Å²) in [5, 5.41) is 12.5. The Morgan fingerprint density at radius 1 is 1.06 bits per heavy atom. The Morgan fingerprint density at radius 3 is 2.30 bits per heavy atom. The monoisotopic (exact) mass is 681 g/mol. The number of sulfone groups is 1. The molecule has 1 aliphatic rings. The average Bonchev–Trinajstić information content (AvgIpc) is 3.45. The van der Waals surface area contributed by atoms with Gasteiger partial charge in [-0.15, -0.1) is 0 Å². The van der Waals surface area contributed by atoms with Gasteiger partial charge < -0.3 is 24.8 Å². The Labute approximate surface area is 268 Å². The van der Waals surface area contributed by atoms with Crippen LogP contribution in [0.2, 0.25) is 0 Å². The van der Waals surface area contributed by atoms with Gasteiger partial charge in [-0.05, 0) is 66.6 Å². The van der Waals surface area contributed by atoms with Crippen LogP contribution in [0, 0.1) is 12.0 Å². The highest BCUT2D eigenvalue weighted by molar-refractivity contribution is 7.91. The molecule has 3 atom stereocenters. The van der Waals surface area contributed by atoms with Gasteiger partial charge in [-0.2, -0.15) is 22.0 Å². The summed E-state index contributed by atoms with van der Waals surface area (Å²) < 4.78 is 101. The summed E-state index contributed by atoms with van der Waals surface area (Å²) in [5.74, 6) is 2.19. The normalized spacial score (nSPS) is 17.4. The number of halogens is 5. The molecular formula is C32H32F5N3O6S. The Morgan fingerprint density at radius 2 is 1.74 bits per heavy atom. The maximum absolute atomic E-state index is 13.6. The van der Waals surface area contributed by atoms with E-state index >= 15 is 0 Å². The Hall–Kier alpha value is -4.42. The zero-order chi connectivity index (χ0) is 34.4. The van der Waals surface area contributed by atoms with E-state index < -0.39 is 64.8 Å². The number of amides is 1. The van der Waals surface area contributed by atoms with Gasteiger partial charge in [-0.25, -0.2) is 8.42 Å². The second kappa shape index (κ2) is 14.6. The first-order valence-electron chi connectivity index (χ1n) is 14.5. The third kappa shape index (κ3) is 9.11. The minimum atomic E-state index is -4.51. The minimum Gasteiger partial charge on any atom is -0.488 e. The largest absolute Gasteiger partial charge is 0.488 e. The standard InChI is InChI=1S/C32H32F5N3O6S/c1-3-31(33,34)45-16-15-24-17-26(46-25-11-7-22(8-12-25)32(35,36)37)19-40(24)23-9-5-21(6-10-23)30(42)39-29(20-41)28-14-13-27(18-38-28)47(43,44)4-2/h5-14,18,24,26,29,41H,3-4,17,19-20H2,1-2H3,(H,39,42)/t24-,26?,29+/m1/s1. The van der Waals surface area contributed by atoms with Gasteiger partial charge in [0.05, 0.1) is 47.1 Å². The van der Waals surface area contributed by atoms with Crippen molar-refractivity contribution in [3.63, 3.8) is 0 Å². The van der Waals surface area contributed by atoms with E-state index in [1.807, 2.05) is 0 Å². The van der Waals surface area contributed by atoms with Crippen molar-refractivity contribution in [2.75, 3.05) is 23.8 Å². The van der Waals surface area contributed by atoms with Crippen LogP contribution in [0.4, 0.5) is 27.6 Å². The van der Waals surface area contributed by atoms with Crippen molar-refractivity contribution in [2.24, 2.45) is 0 Å². The van der Waals surface area contributed by atoms with Gasteiger partial charge in [0.1, 0.15) is 18.0 Å². The molecule has 2 N–H and O–H groups in total. The number of carbonyl (C=O) groups is 1. The topological polar surface area (TPSA) is 118 Å². The SMILES string of the molecule is CCC(F)(F)OC#C[C@@H]1CC(Oc2ccc(C(F)(F)F)cc2)CN1c1ccc(C(=O)N[C@@H](CO)c2ccc(S(=O)(=O)CC)cn2)cc1. The summed E-state index contributed by atoms with van der Waals surface area (Å²) >= 11 is 0. The molecule has 2 heterocycles. The van der Waals surface area contributed by atoms with Gasteiger partial charge in [0.15, 0.2) is 9.84 Å². The maximum atomic E-state index is 13.6. The maximum Gasteiger partial charge on any atom is 0.416 e. The molecule has 9 nitrogen and oxygen atoms in total. The molecule has 252 valence electrons. The van der Waals surface area contributed by atoms with E-state index in [1.54, 1.807) is 17.0 Å². The molecule has 1 fully saturated rings. The molecule has 0 radical (unpaired) electrons. The van der Waals surface area contributed by atoms with Gasteiger partial charge >= 0.3 is 12.3 Å². The van der Waals surface area contributed by atoms with Crippen molar-refractivity contribution in [3.05, 3.63) is 83.7 Å². The smallest absolute Gasteiger partial charge is 0.416 e. The second-order valence-electron chi connectivity index (χ2n) is 10.6. The first kappa shape index (κ1) is 35.4. The third-order valence-corrected chi connectivity index (χ3v) is 9.11. The summed E-state index contributed by atoms with van der Waals surface area (Å²) in [6.45, 7) is 2.42. The molecule has 4 rings (SSSR count). The number of nitrogens with zero attached hydrogens (tertiary/aromatic N) is 2. The van der Waals surface area contributed by atoms with Gasteiger partial charge in [0.2, 0.25) is 0 Å². The van der Waals surface area contributed by atoms with Crippen molar-refractivity contribution in [3.8, 4) is 17.8 Å². The molecule has 0 aliphatic carbocycles. The van der Waals surface area contributed by atoms with Crippen LogP contribution in [0.25, 0.3) is 0 Å². The van der Waals surface area contributed by atoms with Crippen molar-refractivity contribution in [1.29, 1.82) is 0 Å². The lowest BCUT2D eigenvalue weighted by Crippen LogP contribution is -2.32. The van der Waals surface area contributed by atoms with E-state index in [1.165, 1.54) is 50.2 Å². The zero-order valence-corrected chi connectivity index (χ0v) is 26.1. The van der Waals surface area contributed by atoms with E-state index in [4.69, 9.17) is 4.74 Å². The number of hydrogen-bond donors (Lipinski definition) is 2. The molecule has 1 unspecified atom stereocenters. The number of aliphatic hydroxyl groups is 1.